The van der Waals surface area contributed by atoms with E-state index in [2.05, 4.69) is 5.32 Å². The lowest BCUT2D eigenvalue weighted by atomic mass is 10.1. The van der Waals surface area contributed by atoms with E-state index in [4.69, 9.17) is 15.6 Å². The van der Waals surface area contributed by atoms with Crippen molar-refractivity contribution in [1.29, 1.82) is 10.5 Å². The number of hydrogen-bond donors (Lipinski definition) is 2. The number of carboxylic acids is 1. The van der Waals surface area contributed by atoms with Crippen molar-refractivity contribution in [3.63, 3.8) is 0 Å². The molecule has 0 fully saturated rings. The highest BCUT2D eigenvalue weighted by atomic mass is 16.6. The molecule has 8 heteroatoms. The molecule has 0 aliphatic carbocycles. The molecule has 1 aromatic rings. The molecule has 2 N–H and O–H groups in total. The van der Waals surface area contributed by atoms with E-state index in [0.717, 1.165) is 12.3 Å². The van der Waals surface area contributed by atoms with Crippen LogP contribution >= 0.6 is 0 Å². The van der Waals surface area contributed by atoms with Gasteiger partial charge in [0.1, 0.15) is 23.4 Å². The third-order valence-corrected chi connectivity index (χ3v) is 2.07. The van der Waals surface area contributed by atoms with Gasteiger partial charge in [0.05, 0.1) is 10.5 Å². The van der Waals surface area contributed by atoms with Crippen molar-refractivity contribution in [2.24, 2.45) is 0 Å². The molecule has 0 bridgehead atoms. The number of nitro benzene ring substituents is 1. The van der Waals surface area contributed by atoms with Gasteiger partial charge in [-0.3, -0.25) is 10.1 Å². The average molecular weight is 258 g/mol. The van der Waals surface area contributed by atoms with Crippen LogP contribution in [-0.4, -0.2) is 16.0 Å². The van der Waals surface area contributed by atoms with Crippen LogP contribution in [0.15, 0.2) is 30.0 Å². The van der Waals surface area contributed by atoms with Crippen molar-refractivity contribution < 1.29 is 14.8 Å². The molecule has 0 radical (unpaired) electrons. The number of carbonyl (C=O) groups is 1. The van der Waals surface area contributed by atoms with Crippen LogP contribution in [0, 0.1) is 32.8 Å². The van der Waals surface area contributed by atoms with Gasteiger partial charge in [0.15, 0.2) is 0 Å². The second-order valence-electron chi connectivity index (χ2n) is 3.19. The van der Waals surface area contributed by atoms with Gasteiger partial charge in [-0.25, -0.2) is 4.79 Å². The van der Waals surface area contributed by atoms with Crippen LogP contribution in [-0.2, 0) is 0 Å². The summed E-state index contributed by atoms with van der Waals surface area (Å²) in [5, 5.41) is 39.1. The second-order valence-corrected chi connectivity index (χ2v) is 3.19. The highest BCUT2D eigenvalue weighted by Crippen LogP contribution is 2.28. The molecule has 0 unspecified atom stereocenters. The first-order valence-electron chi connectivity index (χ1n) is 4.79. The molecule has 1 aromatic carbocycles. The van der Waals surface area contributed by atoms with Crippen LogP contribution in [0.3, 0.4) is 0 Å². The molecule has 0 aromatic heterocycles. The molecule has 0 atom stereocenters. The van der Waals surface area contributed by atoms with Gasteiger partial charge in [0.2, 0.25) is 0 Å². The first-order valence-corrected chi connectivity index (χ1v) is 4.79. The standard InChI is InChI=1S/C11H6N4O4/c12-4-7(5-13)6-14-10-8(11(16)17)2-1-3-9(10)15(18)19/h1-3,6,14H,(H,16,17). The van der Waals surface area contributed by atoms with Gasteiger partial charge in [-0.15, -0.1) is 0 Å². The van der Waals surface area contributed by atoms with Crippen LogP contribution in [0.25, 0.3) is 0 Å². The van der Waals surface area contributed by atoms with Crippen molar-refractivity contribution in [2.45, 2.75) is 0 Å². The molecule has 0 aliphatic heterocycles. The van der Waals surface area contributed by atoms with Gasteiger partial charge in [-0.1, -0.05) is 6.07 Å². The van der Waals surface area contributed by atoms with E-state index in [9.17, 15) is 14.9 Å². The number of rotatable bonds is 4. The van der Waals surface area contributed by atoms with Crippen LogP contribution in [0.1, 0.15) is 10.4 Å². The molecule has 8 nitrogen and oxygen atoms in total. The Kier molecular flexibility index (Phi) is 4.17. The van der Waals surface area contributed by atoms with Crippen molar-refractivity contribution in [3.8, 4) is 12.1 Å². The number of nitro groups is 1. The first kappa shape index (κ1) is 13.7. The SMILES string of the molecule is N#CC(C#N)=CNc1c(C(=O)O)cccc1[N+](=O)[O-]. The van der Waals surface area contributed by atoms with Crippen molar-refractivity contribution in [1.82, 2.24) is 0 Å². The molecule has 0 aliphatic rings. The highest BCUT2D eigenvalue weighted by Gasteiger charge is 2.20. The summed E-state index contributed by atoms with van der Waals surface area (Å²) >= 11 is 0. The van der Waals surface area contributed by atoms with Crippen molar-refractivity contribution in [3.05, 3.63) is 45.6 Å². The second kappa shape index (κ2) is 5.80. The lowest BCUT2D eigenvalue weighted by molar-refractivity contribution is -0.383. The van der Waals surface area contributed by atoms with E-state index in [0.29, 0.717) is 0 Å². The fourth-order valence-electron chi connectivity index (χ4n) is 1.26. The van der Waals surface area contributed by atoms with Crippen LogP contribution in [0.2, 0.25) is 0 Å². The molecule has 19 heavy (non-hydrogen) atoms. The molecule has 0 heterocycles. The normalized spacial score (nSPS) is 8.74. The first-order chi connectivity index (χ1) is 9.01. The Bertz CT molecular complexity index is 603. The summed E-state index contributed by atoms with van der Waals surface area (Å²) in [7, 11) is 0. The van der Waals surface area contributed by atoms with Crippen LogP contribution in [0.5, 0.6) is 0 Å². The Morgan fingerprint density at radius 3 is 2.53 bits per heavy atom. The molecule has 0 saturated heterocycles. The van der Waals surface area contributed by atoms with Gasteiger partial charge in [0, 0.05) is 12.3 Å². The van der Waals surface area contributed by atoms with E-state index >= 15 is 0 Å². The predicted octanol–water partition coefficient (Wildman–Crippen LogP) is 1.64. The Morgan fingerprint density at radius 2 is 2.05 bits per heavy atom. The smallest absolute Gasteiger partial charge is 0.338 e. The van der Waals surface area contributed by atoms with Gasteiger partial charge in [-0.05, 0) is 6.07 Å². The summed E-state index contributed by atoms with van der Waals surface area (Å²) in [6.45, 7) is 0. The number of anilines is 1. The van der Waals surface area contributed by atoms with E-state index in [-0.39, 0.29) is 16.8 Å². The fourth-order valence-corrected chi connectivity index (χ4v) is 1.26. The minimum Gasteiger partial charge on any atom is -0.478 e. The Morgan fingerprint density at radius 1 is 1.42 bits per heavy atom. The number of nitrogens with zero attached hydrogens (tertiary/aromatic N) is 3. The zero-order valence-electron chi connectivity index (χ0n) is 9.32. The molecule has 94 valence electrons. The number of benzene rings is 1. The number of aromatic carboxylic acids is 1. The number of para-hydroxylation sites is 1. The Balaban J connectivity index is 3.36. The predicted molar refractivity (Wildman–Crippen MR) is 63.0 cm³/mol. The molecule has 0 amide bonds. The summed E-state index contributed by atoms with van der Waals surface area (Å²) < 4.78 is 0. The summed E-state index contributed by atoms with van der Waals surface area (Å²) in [4.78, 5) is 21.0. The monoisotopic (exact) mass is 258 g/mol. The third kappa shape index (κ3) is 3.05. The van der Waals surface area contributed by atoms with E-state index in [1.54, 1.807) is 0 Å². The number of nitriles is 2. The summed E-state index contributed by atoms with van der Waals surface area (Å²) in [6, 6.07) is 6.59. The highest BCUT2D eigenvalue weighted by molar-refractivity contribution is 5.97. The van der Waals surface area contributed by atoms with Crippen molar-refractivity contribution >= 4 is 17.3 Å². The third-order valence-electron chi connectivity index (χ3n) is 2.07. The van der Waals surface area contributed by atoms with Gasteiger partial charge in [-0.2, -0.15) is 10.5 Å². The van der Waals surface area contributed by atoms with Crippen LogP contribution in [0.4, 0.5) is 11.4 Å². The van der Waals surface area contributed by atoms with E-state index < -0.39 is 16.6 Å². The molecular formula is C11H6N4O4. The summed E-state index contributed by atoms with van der Waals surface area (Å²) in [5.74, 6) is -1.37. The number of nitrogens with one attached hydrogen (secondary N) is 1. The minimum absolute atomic E-state index is 0.289. The Hall–Kier alpha value is -3.39. The van der Waals surface area contributed by atoms with Gasteiger partial charge in [0.25, 0.3) is 5.69 Å². The lowest BCUT2D eigenvalue weighted by Gasteiger charge is -2.06. The zero-order chi connectivity index (χ0) is 14.4. The average Bonchev–Trinajstić information content (AvgIpc) is 2.39. The topological polar surface area (TPSA) is 140 Å². The van der Waals surface area contributed by atoms with Gasteiger partial charge < -0.3 is 10.4 Å². The quantitative estimate of drug-likeness (QED) is 0.475. The van der Waals surface area contributed by atoms with Gasteiger partial charge >= 0.3 is 5.97 Å². The maximum absolute atomic E-state index is 11.0. The van der Waals surface area contributed by atoms with E-state index in [1.165, 1.54) is 24.3 Å². The molecule has 0 saturated carbocycles. The minimum atomic E-state index is -1.37. The number of hydrogen-bond acceptors (Lipinski definition) is 6. The van der Waals surface area contributed by atoms with Crippen LogP contribution < -0.4 is 5.32 Å². The fraction of sp³-hybridized carbons (Fsp3) is 0. The summed E-state index contributed by atoms with van der Waals surface area (Å²) in [6.07, 6.45) is 0.911. The maximum Gasteiger partial charge on any atom is 0.338 e. The number of carboxylic acid groups (broad SMARTS) is 1. The molecular weight excluding hydrogens is 252 g/mol. The zero-order valence-corrected chi connectivity index (χ0v) is 9.32. The van der Waals surface area contributed by atoms with Crippen molar-refractivity contribution in [2.75, 3.05) is 5.32 Å². The maximum atomic E-state index is 11.0. The Labute approximate surface area is 107 Å². The lowest BCUT2D eigenvalue weighted by Crippen LogP contribution is -2.05. The molecule has 1 rings (SSSR count). The number of allylic oxidation sites excluding steroid dienone is 1. The summed E-state index contributed by atoms with van der Waals surface area (Å²) in [5.41, 5.74) is -1.43. The largest absolute Gasteiger partial charge is 0.478 e. The van der Waals surface area contributed by atoms with E-state index in [1.807, 2.05) is 0 Å². The molecule has 0 spiro atoms.